The van der Waals surface area contributed by atoms with Gasteiger partial charge in [0.25, 0.3) is 0 Å². The second-order valence-electron chi connectivity index (χ2n) is 5.63. The van der Waals surface area contributed by atoms with Crippen LogP contribution >= 0.6 is 0 Å². The molecule has 0 spiro atoms. The lowest BCUT2D eigenvalue weighted by Crippen LogP contribution is -2.34. The van der Waals surface area contributed by atoms with Crippen molar-refractivity contribution in [3.63, 3.8) is 0 Å². The Bertz CT molecular complexity index is 657. The summed E-state index contributed by atoms with van der Waals surface area (Å²) in [5.41, 5.74) is 3.72. The SMILES string of the molecule is Cc1ccc2ncccc2c1CN1CCC[C@H](C#N)C1. The molecule has 0 unspecified atom stereocenters. The first kappa shape index (κ1) is 13.1. The molecule has 0 bridgehead atoms. The largest absolute Gasteiger partial charge is 0.298 e. The van der Waals surface area contributed by atoms with Gasteiger partial charge in [0.1, 0.15) is 0 Å². The topological polar surface area (TPSA) is 39.9 Å². The Morgan fingerprint density at radius 2 is 2.30 bits per heavy atom. The van der Waals surface area contributed by atoms with Crippen LogP contribution in [-0.4, -0.2) is 23.0 Å². The highest BCUT2D eigenvalue weighted by atomic mass is 15.1. The van der Waals surface area contributed by atoms with Crippen molar-refractivity contribution in [3.8, 4) is 6.07 Å². The first-order chi connectivity index (χ1) is 9.78. The highest BCUT2D eigenvalue weighted by Gasteiger charge is 2.20. The number of rotatable bonds is 2. The molecule has 0 saturated carbocycles. The number of nitrogens with zero attached hydrogens (tertiary/aromatic N) is 3. The molecule has 1 aliphatic heterocycles. The Kier molecular flexibility index (Phi) is 3.66. The van der Waals surface area contributed by atoms with Crippen molar-refractivity contribution in [1.29, 1.82) is 5.26 Å². The monoisotopic (exact) mass is 265 g/mol. The van der Waals surface area contributed by atoms with Gasteiger partial charge < -0.3 is 0 Å². The van der Waals surface area contributed by atoms with E-state index in [0.29, 0.717) is 0 Å². The first-order valence-corrected chi connectivity index (χ1v) is 7.23. The van der Waals surface area contributed by atoms with Crippen LogP contribution in [0.2, 0.25) is 0 Å². The van der Waals surface area contributed by atoms with Crippen molar-refractivity contribution in [1.82, 2.24) is 9.88 Å². The zero-order valence-electron chi connectivity index (χ0n) is 11.8. The fourth-order valence-electron chi connectivity index (χ4n) is 3.06. The van der Waals surface area contributed by atoms with E-state index in [9.17, 15) is 0 Å². The molecule has 1 aromatic heterocycles. The average molecular weight is 265 g/mol. The molecule has 1 atom stereocenters. The summed E-state index contributed by atoms with van der Waals surface area (Å²) in [5, 5.41) is 10.4. The summed E-state index contributed by atoms with van der Waals surface area (Å²) in [6.07, 6.45) is 4.01. The van der Waals surface area contributed by atoms with Gasteiger partial charge >= 0.3 is 0 Å². The van der Waals surface area contributed by atoms with E-state index >= 15 is 0 Å². The van der Waals surface area contributed by atoms with Crippen molar-refractivity contribution in [3.05, 3.63) is 41.6 Å². The second kappa shape index (κ2) is 5.60. The number of likely N-dealkylation sites (tertiary alicyclic amines) is 1. The molecule has 1 saturated heterocycles. The van der Waals surface area contributed by atoms with Crippen molar-refractivity contribution in [2.24, 2.45) is 5.92 Å². The summed E-state index contributed by atoms with van der Waals surface area (Å²) in [6.45, 7) is 5.07. The van der Waals surface area contributed by atoms with E-state index in [2.05, 4.69) is 41.1 Å². The van der Waals surface area contributed by atoms with Gasteiger partial charge in [-0.15, -0.1) is 0 Å². The van der Waals surface area contributed by atoms with Crippen LogP contribution < -0.4 is 0 Å². The van der Waals surface area contributed by atoms with Gasteiger partial charge in [-0.3, -0.25) is 9.88 Å². The van der Waals surface area contributed by atoms with Gasteiger partial charge in [-0.25, -0.2) is 0 Å². The van der Waals surface area contributed by atoms with Gasteiger partial charge in [0.2, 0.25) is 0 Å². The van der Waals surface area contributed by atoms with Crippen LogP contribution in [0.25, 0.3) is 10.9 Å². The second-order valence-corrected chi connectivity index (χ2v) is 5.63. The molecular formula is C17H19N3. The number of benzene rings is 1. The Morgan fingerprint density at radius 3 is 3.15 bits per heavy atom. The van der Waals surface area contributed by atoms with Gasteiger partial charge in [-0.2, -0.15) is 5.26 Å². The van der Waals surface area contributed by atoms with Gasteiger partial charge in [0.15, 0.2) is 0 Å². The highest BCUT2D eigenvalue weighted by Crippen LogP contribution is 2.24. The van der Waals surface area contributed by atoms with Gasteiger partial charge in [0, 0.05) is 24.7 Å². The Balaban J connectivity index is 1.90. The zero-order valence-corrected chi connectivity index (χ0v) is 11.8. The van der Waals surface area contributed by atoms with Crippen molar-refractivity contribution < 1.29 is 0 Å². The van der Waals surface area contributed by atoms with Crippen LogP contribution in [0.4, 0.5) is 0 Å². The summed E-state index contributed by atoms with van der Waals surface area (Å²) in [4.78, 5) is 6.85. The molecule has 2 aromatic rings. The number of nitriles is 1. The molecule has 3 heteroatoms. The number of hydrogen-bond donors (Lipinski definition) is 0. The summed E-state index contributed by atoms with van der Waals surface area (Å²) >= 11 is 0. The molecular weight excluding hydrogens is 246 g/mol. The minimum Gasteiger partial charge on any atom is -0.298 e. The molecule has 1 aromatic carbocycles. The summed E-state index contributed by atoms with van der Waals surface area (Å²) in [5.74, 6) is 0.192. The van der Waals surface area contributed by atoms with E-state index in [1.807, 2.05) is 12.3 Å². The maximum Gasteiger partial charge on any atom is 0.0705 e. The van der Waals surface area contributed by atoms with E-state index in [-0.39, 0.29) is 5.92 Å². The van der Waals surface area contributed by atoms with Crippen LogP contribution in [0, 0.1) is 24.2 Å². The molecule has 0 aliphatic carbocycles. The van der Waals surface area contributed by atoms with Gasteiger partial charge in [-0.1, -0.05) is 12.1 Å². The Labute approximate surface area is 119 Å². The van der Waals surface area contributed by atoms with Crippen molar-refractivity contribution in [2.75, 3.05) is 13.1 Å². The number of aromatic nitrogens is 1. The molecule has 1 aliphatic rings. The first-order valence-electron chi connectivity index (χ1n) is 7.23. The maximum atomic E-state index is 9.11. The predicted octanol–water partition coefficient (Wildman–Crippen LogP) is 3.28. The number of fused-ring (bicyclic) bond motifs is 1. The third-order valence-corrected chi connectivity index (χ3v) is 4.20. The fraction of sp³-hybridized carbons (Fsp3) is 0.412. The minimum absolute atomic E-state index is 0.192. The maximum absolute atomic E-state index is 9.11. The Morgan fingerprint density at radius 1 is 1.40 bits per heavy atom. The van der Waals surface area contributed by atoms with E-state index in [1.54, 1.807) is 0 Å². The van der Waals surface area contributed by atoms with E-state index in [0.717, 1.165) is 38.0 Å². The van der Waals surface area contributed by atoms with Crippen molar-refractivity contribution >= 4 is 10.9 Å². The van der Waals surface area contributed by atoms with Crippen LogP contribution in [-0.2, 0) is 6.54 Å². The van der Waals surface area contributed by atoms with Gasteiger partial charge in [0.05, 0.1) is 17.5 Å². The minimum atomic E-state index is 0.192. The zero-order chi connectivity index (χ0) is 13.9. The lowest BCUT2D eigenvalue weighted by molar-refractivity contribution is 0.192. The highest BCUT2D eigenvalue weighted by molar-refractivity contribution is 5.83. The molecule has 0 amide bonds. The molecule has 2 heterocycles. The summed E-state index contributed by atoms with van der Waals surface area (Å²) in [6, 6.07) is 10.8. The van der Waals surface area contributed by atoms with Crippen LogP contribution in [0.5, 0.6) is 0 Å². The third-order valence-electron chi connectivity index (χ3n) is 4.20. The number of hydrogen-bond acceptors (Lipinski definition) is 3. The smallest absolute Gasteiger partial charge is 0.0705 e. The van der Waals surface area contributed by atoms with Gasteiger partial charge in [-0.05, 0) is 49.6 Å². The lowest BCUT2D eigenvalue weighted by Gasteiger charge is -2.30. The molecule has 0 radical (unpaired) electrons. The van der Waals surface area contributed by atoms with Crippen LogP contribution in [0.1, 0.15) is 24.0 Å². The van der Waals surface area contributed by atoms with E-state index in [1.165, 1.54) is 16.5 Å². The number of piperidine rings is 1. The number of pyridine rings is 1. The standard InChI is InChI=1S/C17H19N3/c1-13-6-7-17-15(5-2-8-19-17)16(13)12-20-9-3-4-14(10-18)11-20/h2,5-8,14H,3-4,9,11-12H2,1H3/t14-/m1/s1. The van der Waals surface area contributed by atoms with E-state index in [4.69, 9.17) is 5.26 Å². The molecule has 3 rings (SSSR count). The van der Waals surface area contributed by atoms with Crippen molar-refractivity contribution in [2.45, 2.75) is 26.3 Å². The molecule has 20 heavy (non-hydrogen) atoms. The lowest BCUT2D eigenvalue weighted by atomic mass is 9.97. The number of aryl methyl sites for hydroxylation is 1. The normalized spacial score (nSPS) is 19.9. The van der Waals surface area contributed by atoms with Crippen LogP contribution in [0.15, 0.2) is 30.5 Å². The predicted molar refractivity (Wildman–Crippen MR) is 80.1 cm³/mol. The molecule has 102 valence electrons. The molecule has 1 fully saturated rings. The average Bonchev–Trinajstić information content (AvgIpc) is 2.50. The Hall–Kier alpha value is -1.92. The summed E-state index contributed by atoms with van der Waals surface area (Å²) in [7, 11) is 0. The molecule has 3 nitrogen and oxygen atoms in total. The quantitative estimate of drug-likeness (QED) is 0.836. The molecule has 0 N–H and O–H groups in total. The fourth-order valence-corrected chi connectivity index (χ4v) is 3.06. The third kappa shape index (κ3) is 2.52. The van der Waals surface area contributed by atoms with E-state index < -0.39 is 0 Å². The van der Waals surface area contributed by atoms with Crippen LogP contribution in [0.3, 0.4) is 0 Å². The summed E-state index contributed by atoms with van der Waals surface area (Å²) < 4.78 is 0.